The van der Waals surface area contributed by atoms with Gasteiger partial charge in [0.2, 0.25) is 5.91 Å². The quantitative estimate of drug-likeness (QED) is 0.541. The molecule has 2 aromatic heterocycles. The standard InChI is InChI=1S/C25H28F3N7O3/c26-25(27,28)23-20(12-31-32-24(23)37)33-8-1-2-19(33)15-38-9-7-22(36)35-14-17-4-5-18(35)13-34(17)21-6-3-16(10-29)11-30-21/h3,6,11-12,17-19H,1-2,4-5,7-9,13-15H2,(H,32,37)/t17?,18?,19-/m0/s1. The fourth-order valence-electron chi connectivity index (χ4n) is 5.77. The van der Waals surface area contributed by atoms with E-state index in [1.165, 1.54) is 4.90 Å². The van der Waals surface area contributed by atoms with Crippen molar-refractivity contribution in [1.82, 2.24) is 20.1 Å². The maximum absolute atomic E-state index is 13.5. The van der Waals surface area contributed by atoms with Gasteiger partial charge >= 0.3 is 6.18 Å². The Balaban J connectivity index is 1.13. The highest BCUT2D eigenvalue weighted by Crippen LogP contribution is 2.36. The number of hydrogen-bond donors (Lipinski definition) is 1. The minimum atomic E-state index is -4.80. The lowest BCUT2D eigenvalue weighted by Gasteiger charge is -2.52. The summed E-state index contributed by atoms with van der Waals surface area (Å²) in [7, 11) is 0. The van der Waals surface area contributed by atoms with Crippen LogP contribution in [0.3, 0.4) is 0 Å². The third kappa shape index (κ3) is 5.18. The molecule has 2 unspecified atom stereocenters. The Morgan fingerprint density at radius 1 is 1.16 bits per heavy atom. The average molecular weight is 532 g/mol. The molecule has 3 atom stereocenters. The number of nitrogens with zero attached hydrogens (tertiary/aromatic N) is 6. The molecule has 4 aliphatic heterocycles. The van der Waals surface area contributed by atoms with E-state index in [9.17, 15) is 22.8 Å². The van der Waals surface area contributed by atoms with Crippen LogP contribution in [0.5, 0.6) is 0 Å². The van der Waals surface area contributed by atoms with Gasteiger partial charge in [0.1, 0.15) is 17.5 Å². The summed E-state index contributed by atoms with van der Waals surface area (Å²) in [6.45, 7) is 1.96. The smallest absolute Gasteiger partial charge is 0.379 e. The van der Waals surface area contributed by atoms with Crippen LogP contribution in [0, 0.1) is 11.3 Å². The zero-order chi connectivity index (χ0) is 26.9. The molecule has 202 valence electrons. The van der Waals surface area contributed by atoms with Crippen LogP contribution in [0.15, 0.2) is 29.3 Å². The number of pyridine rings is 1. The molecule has 1 amide bonds. The van der Waals surface area contributed by atoms with Gasteiger partial charge in [-0.05, 0) is 37.8 Å². The molecule has 6 rings (SSSR count). The van der Waals surface area contributed by atoms with E-state index in [1.54, 1.807) is 12.3 Å². The molecular formula is C25H28F3N7O3. The first-order chi connectivity index (χ1) is 18.3. The molecular weight excluding hydrogens is 503 g/mol. The second kappa shape index (κ2) is 10.6. The summed E-state index contributed by atoms with van der Waals surface area (Å²) in [5.41, 5.74) is -2.26. The Kier molecular flexibility index (Phi) is 7.25. The Morgan fingerprint density at radius 2 is 1.97 bits per heavy atom. The lowest BCUT2D eigenvalue weighted by atomic mass is 9.90. The van der Waals surface area contributed by atoms with Crippen LogP contribution in [0.4, 0.5) is 24.7 Å². The van der Waals surface area contributed by atoms with Crippen LogP contribution in [0.1, 0.15) is 43.2 Å². The minimum Gasteiger partial charge on any atom is -0.379 e. The number of hydrogen-bond acceptors (Lipinski definition) is 8. The van der Waals surface area contributed by atoms with Gasteiger partial charge in [-0.2, -0.15) is 23.5 Å². The fourth-order valence-corrected chi connectivity index (χ4v) is 5.77. The van der Waals surface area contributed by atoms with Crippen molar-refractivity contribution in [1.29, 1.82) is 5.26 Å². The van der Waals surface area contributed by atoms with E-state index in [1.807, 2.05) is 16.1 Å². The molecule has 6 heterocycles. The zero-order valence-electron chi connectivity index (χ0n) is 20.7. The van der Waals surface area contributed by atoms with Gasteiger partial charge in [-0.25, -0.2) is 10.1 Å². The maximum Gasteiger partial charge on any atom is 0.423 e. The van der Waals surface area contributed by atoms with E-state index in [0.717, 1.165) is 24.9 Å². The topological polar surface area (TPSA) is 118 Å². The molecule has 2 bridgehead atoms. The number of carbonyl (C=O) groups excluding carboxylic acids is 1. The predicted octanol–water partition coefficient (Wildman–Crippen LogP) is 2.31. The number of amides is 1. The van der Waals surface area contributed by atoms with Crippen molar-refractivity contribution in [3.8, 4) is 6.07 Å². The monoisotopic (exact) mass is 531 g/mol. The molecule has 0 saturated carbocycles. The predicted molar refractivity (Wildman–Crippen MR) is 130 cm³/mol. The third-order valence-electron chi connectivity index (χ3n) is 7.60. The highest BCUT2D eigenvalue weighted by molar-refractivity contribution is 5.77. The molecule has 2 aromatic rings. The minimum absolute atomic E-state index is 0.00596. The Hall–Kier alpha value is -3.66. The summed E-state index contributed by atoms with van der Waals surface area (Å²) in [5.74, 6) is 0.799. The highest BCUT2D eigenvalue weighted by atomic mass is 19.4. The van der Waals surface area contributed by atoms with E-state index >= 15 is 0 Å². The Morgan fingerprint density at radius 3 is 2.66 bits per heavy atom. The van der Waals surface area contributed by atoms with Crippen LogP contribution in [-0.4, -0.2) is 77.0 Å². The number of alkyl halides is 3. The van der Waals surface area contributed by atoms with Crippen LogP contribution in [0.2, 0.25) is 0 Å². The van der Waals surface area contributed by atoms with Crippen molar-refractivity contribution in [3.63, 3.8) is 0 Å². The highest BCUT2D eigenvalue weighted by Gasteiger charge is 2.42. The van der Waals surface area contributed by atoms with Crippen molar-refractivity contribution < 1.29 is 22.7 Å². The summed E-state index contributed by atoms with van der Waals surface area (Å²) in [4.78, 5) is 34.9. The summed E-state index contributed by atoms with van der Waals surface area (Å²) in [5, 5.41) is 14.4. The van der Waals surface area contributed by atoms with Gasteiger partial charge in [-0.15, -0.1) is 0 Å². The van der Waals surface area contributed by atoms with Gasteiger partial charge in [-0.1, -0.05) is 0 Å². The van der Waals surface area contributed by atoms with E-state index in [4.69, 9.17) is 10.00 Å². The molecule has 13 heteroatoms. The van der Waals surface area contributed by atoms with Crippen LogP contribution < -0.4 is 15.4 Å². The number of H-pyrrole nitrogens is 1. The third-order valence-corrected chi connectivity index (χ3v) is 7.60. The molecule has 0 aromatic carbocycles. The van der Waals surface area contributed by atoms with E-state index in [2.05, 4.69) is 21.1 Å². The lowest BCUT2D eigenvalue weighted by molar-refractivity contribution is -0.139. The number of piperazine rings is 1. The van der Waals surface area contributed by atoms with Crippen molar-refractivity contribution in [3.05, 3.63) is 46.0 Å². The van der Waals surface area contributed by atoms with E-state index < -0.39 is 17.3 Å². The molecule has 0 radical (unpaired) electrons. The van der Waals surface area contributed by atoms with Crippen LogP contribution in [0.25, 0.3) is 0 Å². The molecule has 10 nitrogen and oxygen atoms in total. The van der Waals surface area contributed by atoms with Gasteiger partial charge in [-0.3, -0.25) is 9.59 Å². The van der Waals surface area contributed by atoms with E-state index in [0.29, 0.717) is 38.0 Å². The first-order valence-electron chi connectivity index (χ1n) is 12.7. The molecule has 4 aliphatic rings. The number of rotatable bonds is 7. The SMILES string of the molecule is N#Cc1ccc(N2CC3CCC2CN3C(=O)CCOC[C@@H]2CCCN2c2cn[nH]c(=O)c2C(F)(F)F)nc1. The molecule has 0 spiro atoms. The number of nitrogens with one attached hydrogen (secondary N) is 1. The summed E-state index contributed by atoms with van der Waals surface area (Å²) in [6.07, 6.45) is 1.13. The summed E-state index contributed by atoms with van der Waals surface area (Å²) < 4.78 is 46.3. The average Bonchev–Trinajstić information content (AvgIpc) is 3.39. The van der Waals surface area contributed by atoms with Crippen molar-refractivity contribution in [2.24, 2.45) is 0 Å². The number of aromatic amines is 1. The lowest BCUT2D eigenvalue weighted by Crippen LogP contribution is -2.64. The molecule has 1 N–H and O–H groups in total. The molecule has 4 fully saturated rings. The largest absolute Gasteiger partial charge is 0.423 e. The number of fused-ring (bicyclic) bond motifs is 3. The molecule has 4 saturated heterocycles. The van der Waals surface area contributed by atoms with Crippen molar-refractivity contribution >= 4 is 17.4 Å². The van der Waals surface area contributed by atoms with Crippen molar-refractivity contribution in [2.45, 2.75) is 56.4 Å². The fraction of sp³-hybridized carbons (Fsp3) is 0.560. The maximum atomic E-state index is 13.5. The van der Waals surface area contributed by atoms with Gasteiger partial charge in [0.15, 0.2) is 0 Å². The number of nitriles is 1. The van der Waals surface area contributed by atoms with Gasteiger partial charge < -0.3 is 19.4 Å². The van der Waals surface area contributed by atoms with Crippen molar-refractivity contribution in [2.75, 3.05) is 42.6 Å². The van der Waals surface area contributed by atoms with Crippen LogP contribution >= 0.6 is 0 Å². The molecule has 0 aliphatic carbocycles. The Bertz CT molecular complexity index is 1260. The Labute approximate surface area is 217 Å². The number of anilines is 2. The number of ether oxygens (including phenoxy) is 1. The van der Waals surface area contributed by atoms with Gasteiger partial charge in [0.25, 0.3) is 5.56 Å². The number of piperidine rings is 2. The second-order valence-electron chi connectivity index (χ2n) is 9.87. The first kappa shape index (κ1) is 26.0. The number of aromatic nitrogens is 3. The normalized spacial score (nSPS) is 23.1. The number of carbonyl (C=O) groups is 1. The number of halogens is 3. The molecule has 38 heavy (non-hydrogen) atoms. The second-order valence-corrected chi connectivity index (χ2v) is 9.87. The zero-order valence-corrected chi connectivity index (χ0v) is 20.7. The van der Waals surface area contributed by atoms with Gasteiger partial charge in [0.05, 0.1) is 43.1 Å². The van der Waals surface area contributed by atoms with E-state index in [-0.39, 0.29) is 49.4 Å². The van der Waals surface area contributed by atoms with Gasteiger partial charge in [0, 0.05) is 37.9 Å². The summed E-state index contributed by atoms with van der Waals surface area (Å²) >= 11 is 0. The first-order valence-corrected chi connectivity index (χ1v) is 12.7. The summed E-state index contributed by atoms with van der Waals surface area (Å²) in [6, 6.07) is 5.53. The van der Waals surface area contributed by atoms with Crippen LogP contribution in [-0.2, 0) is 15.7 Å².